The van der Waals surface area contributed by atoms with E-state index in [-0.39, 0.29) is 0 Å². The molecule has 3 rings (SSSR count). The Morgan fingerprint density at radius 3 is 1.56 bits per heavy atom. The molecule has 0 radical (unpaired) electrons. The monoisotopic (exact) mass is 457 g/mol. The molecule has 34 heavy (non-hydrogen) atoms. The van der Waals surface area contributed by atoms with Crippen molar-refractivity contribution >= 4 is 0 Å². The Kier molecular flexibility index (Phi) is 11.8. The molecule has 0 saturated heterocycles. The number of aryl methyl sites for hydroxylation is 2. The van der Waals surface area contributed by atoms with E-state index in [1.54, 1.807) is 0 Å². The molecule has 3 nitrogen and oxygen atoms in total. The van der Waals surface area contributed by atoms with E-state index < -0.39 is 0 Å². The Bertz CT molecular complexity index is 836. The van der Waals surface area contributed by atoms with Crippen molar-refractivity contribution in [1.82, 2.24) is 15.0 Å². The normalized spacial score (nSPS) is 11.1. The van der Waals surface area contributed by atoms with Crippen molar-refractivity contribution in [3.8, 4) is 22.6 Å². The van der Waals surface area contributed by atoms with Crippen LogP contribution in [-0.4, -0.2) is 15.0 Å². The zero-order chi connectivity index (χ0) is 23.8. The van der Waals surface area contributed by atoms with Gasteiger partial charge in [-0.2, -0.15) is 0 Å². The molecular formula is C31H43N3. The molecule has 3 aromatic rings. The highest BCUT2D eigenvalue weighted by Gasteiger charge is 2.05. The van der Waals surface area contributed by atoms with Gasteiger partial charge < -0.3 is 0 Å². The van der Waals surface area contributed by atoms with Crippen LogP contribution in [0.3, 0.4) is 0 Å². The van der Waals surface area contributed by atoms with Crippen LogP contribution in [0.15, 0.2) is 55.0 Å². The van der Waals surface area contributed by atoms with Crippen LogP contribution in [0.25, 0.3) is 22.6 Å². The van der Waals surface area contributed by atoms with Crippen LogP contribution < -0.4 is 0 Å². The van der Waals surface area contributed by atoms with Gasteiger partial charge in [0.1, 0.15) is 0 Å². The van der Waals surface area contributed by atoms with Gasteiger partial charge in [0.05, 0.1) is 5.69 Å². The third kappa shape index (κ3) is 9.00. The molecule has 1 aromatic carbocycles. The number of nitrogens with zero attached hydrogens (tertiary/aromatic N) is 3. The first-order valence-corrected chi connectivity index (χ1v) is 13.7. The minimum Gasteiger partial charge on any atom is -0.255 e. The molecule has 0 fully saturated rings. The molecule has 0 aliphatic heterocycles. The summed E-state index contributed by atoms with van der Waals surface area (Å²) in [7, 11) is 0. The summed E-state index contributed by atoms with van der Waals surface area (Å²) in [5.41, 5.74) is 5.77. The molecule has 0 unspecified atom stereocenters. The number of unbranched alkanes of at least 4 members (excludes halogenated alkanes) is 10. The summed E-state index contributed by atoms with van der Waals surface area (Å²) >= 11 is 0. The molecule has 0 N–H and O–H groups in total. The van der Waals surface area contributed by atoms with Gasteiger partial charge in [0, 0.05) is 29.7 Å². The van der Waals surface area contributed by atoms with E-state index in [1.165, 1.54) is 94.6 Å². The first-order chi connectivity index (χ1) is 16.8. The van der Waals surface area contributed by atoms with Gasteiger partial charge >= 0.3 is 0 Å². The number of aromatic nitrogens is 3. The van der Waals surface area contributed by atoms with Crippen molar-refractivity contribution in [2.24, 2.45) is 0 Å². The average Bonchev–Trinajstić information content (AvgIpc) is 2.89. The Balaban J connectivity index is 1.46. The van der Waals surface area contributed by atoms with Gasteiger partial charge in [-0.3, -0.25) is 4.98 Å². The fraction of sp³-hybridized carbons (Fsp3) is 0.516. The van der Waals surface area contributed by atoms with E-state index >= 15 is 0 Å². The second-order valence-corrected chi connectivity index (χ2v) is 9.58. The largest absolute Gasteiger partial charge is 0.255 e. The van der Waals surface area contributed by atoms with Gasteiger partial charge in [-0.25, -0.2) is 9.97 Å². The quantitative estimate of drug-likeness (QED) is 0.201. The van der Waals surface area contributed by atoms with E-state index in [2.05, 4.69) is 65.2 Å². The molecule has 3 heteroatoms. The molecule has 182 valence electrons. The summed E-state index contributed by atoms with van der Waals surface area (Å²) in [6.07, 6.45) is 24.0. The second-order valence-electron chi connectivity index (χ2n) is 9.58. The third-order valence-electron chi connectivity index (χ3n) is 6.61. The van der Waals surface area contributed by atoms with E-state index in [0.717, 1.165) is 29.1 Å². The number of rotatable bonds is 16. The van der Waals surface area contributed by atoms with Crippen molar-refractivity contribution in [3.63, 3.8) is 0 Å². The molecule has 0 saturated carbocycles. The van der Waals surface area contributed by atoms with Crippen molar-refractivity contribution < 1.29 is 0 Å². The van der Waals surface area contributed by atoms with Crippen LogP contribution in [0.2, 0.25) is 0 Å². The first-order valence-electron chi connectivity index (χ1n) is 13.7. The number of pyridine rings is 1. The van der Waals surface area contributed by atoms with Gasteiger partial charge in [-0.15, -0.1) is 0 Å². The molecule has 0 bridgehead atoms. The minimum absolute atomic E-state index is 0.750. The number of hydrogen-bond donors (Lipinski definition) is 0. The maximum absolute atomic E-state index is 4.69. The summed E-state index contributed by atoms with van der Waals surface area (Å²) in [5, 5.41) is 0. The van der Waals surface area contributed by atoms with Gasteiger partial charge in [0.25, 0.3) is 0 Å². The zero-order valence-corrected chi connectivity index (χ0v) is 21.4. The van der Waals surface area contributed by atoms with Gasteiger partial charge in [0.15, 0.2) is 5.82 Å². The van der Waals surface area contributed by atoms with Crippen LogP contribution >= 0.6 is 0 Å². The SMILES string of the molecule is CCCCCCCCc1ccc(-c2ccc(-c3ncc(CCCCCCCC)cn3)cn2)cc1. The zero-order valence-electron chi connectivity index (χ0n) is 21.4. The number of benzene rings is 1. The maximum atomic E-state index is 4.69. The molecule has 2 heterocycles. The predicted molar refractivity (Wildman–Crippen MR) is 145 cm³/mol. The van der Waals surface area contributed by atoms with Crippen LogP contribution in [-0.2, 0) is 12.8 Å². The lowest BCUT2D eigenvalue weighted by Crippen LogP contribution is -1.94. The summed E-state index contributed by atoms with van der Waals surface area (Å²) in [6, 6.07) is 13.1. The van der Waals surface area contributed by atoms with Crippen molar-refractivity contribution in [3.05, 3.63) is 66.1 Å². The Morgan fingerprint density at radius 2 is 1.00 bits per heavy atom. The highest BCUT2D eigenvalue weighted by atomic mass is 14.9. The van der Waals surface area contributed by atoms with Gasteiger partial charge in [-0.05, 0) is 48.9 Å². The number of hydrogen-bond acceptors (Lipinski definition) is 3. The Morgan fingerprint density at radius 1 is 0.471 bits per heavy atom. The van der Waals surface area contributed by atoms with Crippen molar-refractivity contribution in [1.29, 1.82) is 0 Å². The van der Waals surface area contributed by atoms with Crippen LogP contribution in [0, 0.1) is 0 Å². The molecule has 0 aliphatic rings. The Hall–Kier alpha value is -2.55. The van der Waals surface area contributed by atoms with E-state index in [0.29, 0.717) is 0 Å². The lowest BCUT2D eigenvalue weighted by Gasteiger charge is -2.06. The van der Waals surface area contributed by atoms with Gasteiger partial charge in [0.2, 0.25) is 0 Å². The summed E-state index contributed by atoms with van der Waals surface area (Å²) in [5.74, 6) is 0.750. The molecule has 2 aromatic heterocycles. The fourth-order valence-electron chi connectivity index (χ4n) is 4.39. The van der Waals surface area contributed by atoms with Crippen LogP contribution in [0.1, 0.15) is 102 Å². The molecule has 0 spiro atoms. The Labute approximate surface area is 207 Å². The predicted octanol–water partition coefficient (Wildman–Crippen LogP) is 9.01. The minimum atomic E-state index is 0.750. The van der Waals surface area contributed by atoms with Crippen LogP contribution in [0.4, 0.5) is 0 Å². The molecule has 0 amide bonds. The van der Waals surface area contributed by atoms with E-state index in [1.807, 2.05) is 18.6 Å². The maximum Gasteiger partial charge on any atom is 0.160 e. The summed E-state index contributed by atoms with van der Waals surface area (Å²) in [6.45, 7) is 4.53. The highest BCUT2D eigenvalue weighted by molar-refractivity contribution is 5.63. The first kappa shape index (κ1) is 26.1. The highest BCUT2D eigenvalue weighted by Crippen LogP contribution is 2.22. The third-order valence-corrected chi connectivity index (χ3v) is 6.61. The average molecular weight is 458 g/mol. The second kappa shape index (κ2) is 15.4. The van der Waals surface area contributed by atoms with Crippen molar-refractivity contribution in [2.75, 3.05) is 0 Å². The van der Waals surface area contributed by atoms with Crippen LogP contribution in [0.5, 0.6) is 0 Å². The molecule has 0 atom stereocenters. The van der Waals surface area contributed by atoms with E-state index in [9.17, 15) is 0 Å². The fourth-order valence-corrected chi connectivity index (χ4v) is 4.39. The smallest absolute Gasteiger partial charge is 0.160 e. The standard InChI is InChI=1S/C31H43N3/c1-3-5-7-9-11-13-15-26-17-19-28(20-18-26)30-22-21-29(25-32-30)31-33-23-27(24-34-31)16-14-12-10-8-6-4-2/h17-25H,3-16H2,1-2H3. The summed E-state index contributed by atoms with van der Waals surface area (Å²) in [4.78, 5) is 13.9. The topological polar surface area (TPSA) is 38.7 Å². The molecular weight excluding hydrogens is 414 g/mol. The van der Waals surface area contributed by atoms with E-state index in [4.69, 9.17) is 0 Å². The summed E-state index contributed by atoms with van der Waals surface area (Å²) < 4.78 is 0. The molecule has 0 aliphatic carbocycles. The van der Waals surface area contributed by atoms with Gasteiger partial charge in [-0.1, -0.05) is 102 Å². The lowest BCUT2D eigenvalue weighted by atomic mass is 10.0. The van der Waals surface area contributed by atoms with Crippen molar-refractivity contribution in [2.45, 2.75) is 104 Å². The lowest BCUT2D eigenvalue weighted by molar-refractivity contribution is 0.607.